The number of ether oxygens (including phenoxy) is 1. The van der Waals surface area contributed by atoms with E-state index in [4.69, 9.17) is 22.1 Å². The summed E-state index contributed by atoms with van der Waals surface area (Å²) in [5.41, 5.74) is 8.27. The number of rotatable bonds is 10. The van der Waals surface area contributed by atoms with Gasteiger partial charge in [-0.15, -0.1) is 0 Å². The number of carbonyl (C=O) groups is 1. The predicted octanol–water partition coefficient (Wildman–Crippen LogP) is 6.66. The molecule has 46 heavy (non-hydrogen) atoms. The topological polar surface area (TPSA) is 89.5 Å². The molecule has 2 aromatic carbocycles. The molecule has 1 amide bonds. The molecule has 1 saturated heterocycles. The van der Waals surface area contributed by atoms with Gasteiger partial charge in [0, 0.05) is 54.9 Å². The first kappa shape index (κ1) is 32.8. The second-order valence-corrected chi connectivity index (χ2v) is 14.2. The van der Waals surface area contributed by atoms with Crippen LogP contribution in [0.3, 0.4) is 0 Å². The second-order valence-electron chi connectivity index (χ2n) is 13.8. The number of anilines is 1. The van der Waals surface area contributed by atoms with Gasteiger partial charge in [0.25, 0.3) is 0 Å². The maximum atomic E-state index is 14.9. The Bertz CT molecular complexity index is 1410. The van der Waals surface area contributed by atoms with Gasteiger partial charge >= 0.3 is 0 Å². The average molecular weight is 651 g/mol. The standard InChI is InChI=1S/C36H48ClFN6O2/c1-46-34-22-31(15-16-32(34)38)44(30-13-11-29(39)12-14-30)33(21-26-7-9-28(37)10-8-26)35(45)42-19-17-36(18-20-42,23-43-25-40-24-41-43)27-5-3-2-4-6-27/h7-10,15-16,22,24-25,27,29-30,33H,2-6,11-14,17-21,23,39H2,1H3/t29?,30?,33-/m1/s1. The van der Waals surface area contributed by atoms with Crippen molar-refractivity contribution in [2.45, 2.75) is 102 Å². The number of hydrogen-bond donors (Lipinski definition) is 1. The van der Waals surface area contributed by atoms with E-state index >= 15 is 0 Å². The molecule has 1 aromatic heterocycles. The van der Waals surface area contributed by atoms with E-state index in [1.54, 1.807) is 18.5 Å². The van der Waals surface area contributed by atoms with Crippen LogP contribution in [-0.4, -0.2) is 63.9 Å². The zero-order valence-electron chi connectivity index (χ0n) is 27.0. The van der Waals surface area contributed by atoms with Crippen LogP contribution in [0.1, 0.15) is 76.2 Å². The van der Waals surface area contributed by atoms with Crippen LogP contribution in [0.2, 0.25) is 5.02 Å². The highest BCUT2D eigenvalue weighted by molar-refractivity contribution is 6.30. The summed E-state index contributed by atoms with van der Waals surface area (Å²) in [6, 6.07) is 12.5. The lowest BCUT2D eigenvalue weighted by Crippen LogP contribution is -2.57. The van der Waals surface area contributed by atoms with E-state index in [1.165, 1.54) is 45.3 Å². The predicted molar refractivity (Wildman–Crippen MR) is 179 cm³/mol. The van der Waals surface area contributed by atoms with Gasteiger partial charge in [0.2, 0.25) is 5.91 Å². The Morgan fingerprint density at radius 3 is 2.43 bits per heavy atom. The van der Waals surface area contributed by atoms with Gasteiger partial charge in [0.15, 0.2) is 11.6 Å². The van der Waals surface area contributed by atoms with Gasteiger partial charge in [0.1, 0.15) is 18.7 Å². The van der Waals surface area contributed by atoms with Crippen molar-refractivity contribution in [3.8, 4) is 5.75 Å². The average Bonchev–Trinajstić information content (AvgIpc) is 3.60. The number of piperidine rings is 1. The van der Waals surface area contributed by atoms with Gasteiger partial charge in [0.05, 0.1) is 7.11 Å². The maximum absolute atomic E-state index is 14.9. The molecular formula is C36H48ClFN6O2. The zero-order valence-corrected chi connectivity index (χ0v) is 27.8. The van der Waals surface area contributed by atoms with Crippen molar-refractivity contribution in [3.05, 3.63) is 71.5 Å². The highest BCUT2D eigenvalue weighted by Gasteiger charge is 2.45. The lowest BCUT2D eigenvalue weighted by Gasteiger charge is -2.49. The Labute approximate surface area is 277 Å². The van der Waals surface area contributed by atoms with Gasteiger partial charge in [-0.1, -0.05) is 43.0 Å². The van der Waals surface area contributed by atoms with Crippen LogP contribution in [-0.2, 0) is 17.8 Å². The minimum absolute atomic E-state index is 0.0923. The van der Waals surface area contributed by atoms with Crippen LogP contribution >= 0.6 is 11.6 Å². The fourth-order valence-corrected chi connectivity index (χ4v) is 8.54. The molecule has 2 saturated carbocycles. The van der Waals surface area contributed by atoms with E-state index in [1.807, 2.05) is 35.3 Å². The molecule has 3 fully saturated rings. The molecule has 0 radical (unpaired) electrons. The van der Waals surface area contributed by atoms with Crippen LogP contribution in [0, 0.1) is 17.2 Å². The quantitative estimate of drug-likeness (QED) is 0.264. The van der Waals surface area contributed by atoms with E-state index in [0.717, 1.165) is 56.3 Å². The first-order valence-corrected chi connectivity index (χ1v) is 17.5. The third-order valence-electron chi connectivity index (χ3n) is 11.0. The van der Waals surface area contributed by atoms with Crippen LogP contribution in [0.5, 0.6) is 5.75 Å². The van der Waals surface area contributed by atoms with E-state index in [2.05, 4.69) is 19.9 Å². The third kappa shape index (κ3) is 7.36. The summed E-state index contributed by atoms with van der Waals surface area (Å²) < 4.78 is 22.1. The number of nitrogens with two attached hydrogens (primary N) is 1. The van der Waals surface area contributed by atoms with E-state index in [0.29, 0.717) is 30.5 Å². The number of carbonyl (C=O) groups excluding carboxylic acids is 1. The molecule has 0 bridgehead atoms. The van der Waals surface area contributed by atoms with Gasteiger partial charge in [-0.3, -0.25) is 9.48 Å². The van der Waals surface area contributed by atoms with Crippen LogP contribution in [0.15, 0.2) is 55.1 Å². The molecule has 10 heteroatoms. The van der Waals surface area contributed by atoms with Crippen molar-refractivity contribution in [1.29, 1.82) is 0 Å². The highest BCUT2D eigenvalue weighted by Crippen LogP contribution is 2.47. The van der Waals surface area contributed by atoms with Crippen molar-refractivity contribution in [2.24, 2.45) is 17.1 Å². The fourth-order valence-electron chi connectivity index (χ4n) is 8.41. The number of benzene rings is 2. The van der Waals surface area contributed by atoms with Gasteiger partial charge in [-0.25, -0.2) is 9.37 Å². The molecule has 6 rings (SSSR count). The number of aromatic nitrogens is 3. The summed E-state index contributed by atoms with van der Waals surface area (Å²) in [5, 5.41) is 5.15. The lowest BCUT2D eigenvalue weighted by molar-refractivity contribution is -0.136. The zero-order chi connectivity index (χ0) is 32.1. The Morgan fingerprint density at radius 2 is 1.78 bits per heavy atom. The second kappa shape index (κ2) is 14.7. The molecule has 2 N–H and O–H groups in total. The number of methoxy groups -OCH3 is 1. The van der Waals surface area contributed by atoms with Gasteiger partial charge in [-0.05, 0) is 92.5 Å². The Kier molecular flexibility index (Phi) is 10.5. The van der Waals surface area contributed by atoms with Crippen molar-refractivity contribution in [3.63, 3.8) is 0 Å². The van der Waals surface area contributed by atoms with Crippen LogP contribution < -0.4 is 15.4 Å². The SMILES string of the molecule is COc1cc(N(C2CCC(N)CC2)[C@H](Cc2ccc(Cl)cc2)C(=O)N2CCC(Cn3cncn3)(C3CCCCC3)CC2)ccc1F. The molecule has 0 spiro atoms. The summed E-state index contributed by atoms with van der Waals surface area (Å²) in [7, 11) is 1.48. The molecule has 0 unspecified atom stereocenters. The van der Waals surface area contributed by atoms with Gasteiger partial charge in [-0.2, -0.15) is 5.10 Å². The molecule has 8 nitrogen and oxygen atoms in total. The molecule has 248 valence electrons. The number of hydrogen-bond acceptors (Lipinski definition) is 6. The minimum atomic E-state index is -0.479. The summed E-state index contributed by atoms with van der Waals surface area (Å²) in [6.45, 7) is 2.26. The summed E-state index contributed by atoms with van der Waals surface area (Å²) in [4.78, 5) is 23.5. The molecule has 3 aromatic rings. The molecule has 2 aliphatic carbocycles. The molecular weight excluding hydrogens is 603 g/mol. The van der Waals surface area contributed by atoms with Crippen molar-refractivity contribution < 1.29 is 13.9 Å². The lowest BCUT2D eigenvalue weighted by atomic mass is 9.63. The summed E-state index contributed by atoms with van der Waals surface area (Å²) >= 11 is 6.26. The largest absolute Gasteiger partial charge is 0.494 e. The Hall–Kier alpha value is -3.17. The number of halogens is 2. The summed E-state index contributed by atoms with van der Waals surface area (Å²) in [5.74, 6) is 0.504. The molecule has 3 aliphatic rings. The molecule has 1 aliphatic heterocycles. The van der Waals surface area contributed by atoms with Crippen LogP contribution in [0.4, 0.5) is 10.1 Å². The van der Waals surface area contributed by atoms with E-state index in [9.17, 15) is 9.18 Å². The fraction of sp³-hybridized carbons (Fsp3) is 0.583. The van der Waals surface area contributed by atoms with E-state index in [-0.39, 0.29) is 29.2 Å². The monoisotopic (exact) mass is 650 g/mol. The first-order valence-electron chi connectivity index (χ1n) is 17.1. The Balaban J connectivity index is 1.32. The Morgan fingerprint density at radius 1 is 1.07 bits per heavy atom. The highest BCUT2D eigenvalue weighted by atomic mass is 35.5. The van der Waals surface area contributed by atoms with Crippen LogP contribution in [0.25, 0.3) is 0 Å². The minimum Gasteiger partial charge on any atom is -0.494 e. The van der Waals surface area contributed by atoms with Crippen molar-refractivity contribution in [2.75, 3.05) is 25.1 Å². The van der Waals surface area contributed by atoms with E-state index < -0.39 is 11.9 Å². The van der Waals surface area contributed by atoms with Crippen molar-refractivity contribution >= 4 is 23.2 Å². The van der Waals surface area contributed by atoms with Crippen molar-refractivity contribution in [1.82, 2.24) is 19.7 Å². The normalized spacial score (nSPS) is 22.7. The summed E-state index contributed by atoms with van der Waals surface area (Å²) in [6.07, 6.45) is 15.7. The van der Waals surface area contributed by atoms with Gasteiger partial charge < -0.3 is 20.3 Å². The molecule has 1 atom stereocenters. The smallest absolute Gasteiger partial charge is 0.245 e. The maximum Gasteiger partial charge on any atom is 0.245 e. The number of likely N-dealkylation sites (tertiary alicyclic amines) is 1. The number of amides is 1. The first-order chi connectivity index (χ1) is 22.3. The number of nitrogens with zero attached hydrogens (tertiary/aromatic N) is 5. The molecule has 2 heterocycles. The third-order valence-corrected chi connectivity index (χ3v) is 11.3.